The normalized spacial score (nSPS) is 15.9. The van der Waals surface area contributed by atoms with E-state index in [1.54, 1.807) is 18.4 Å². The largest absolute Gasteiger partial charge is 0.495 e. The number of thioether (sulfide) groups is 1. The number of hydrogen-bond donors (Lipinski definition) is 0. The number of para-hydroxylation sites is 2. The van der Waals surface area contributed by atoms with Crippen molar-refractivity contribution in [2.24, 2.45) is 5.92 Å². The molecular formula is C22H26N4O2S2. The number of rotatable bonds is 6. The molecule has 0 aliphatic carbocycles. The van der Waals surface area contributed by atoms with E-state index in [4.69, 9.17) is 4.74 Å². The summed E-state index contributed by atoms with van der Waals surface area (Å²) in [6, 6.07) is 11.8. The van der Waals surface area contributed by atoms with E-state index in [0.717, 1.165) is 48.1 Å². The molecule has 0 radical (unpaired) electrons. The van der Waals surface area contributed by atoms with E-state index in [-0.39, 0.29) is 11.2 Å². The van der Waals surface area contributed by atoms with Crippen LogP contribution in [0.1, 0.15) is 26.7 Å². The predicted octanol–water partition coefficient (Wildman–Crippen LogP) is 4.74. The van der Waals surface area contributed by atoms with Crippen LogP contribution in [0, 0.1) is 5.92 Å². The molecule has 3 aromatic rings. The maximum Gasteiger partial charge on any atom is 0.235 e. The molecule has 0 spiro atoms. The number of carbonyl (C=O) groups excluding carboxylic acids is 1. The Hall–Kier alpha value is -2.32. The van der Waals surface area contributed by atoms with E-state index in [2.05, 4.69) is 17.1 Å². The fourth-order valence-electron chi connectivity index (χ4n) is 3.64. The Morgan fingerprint density at radius 2 is 1.97 bits per heavy atom. The first-order valence-electron chi connectivity index (χ1n) is 10.2. The number of nitrogens with zero attached hydrogens (tertiary/aromatic N) is 4. The van der Waals surface area contributed by atoms with Crippen LogP contribution in [-0.2, 0) is 4.79 Å². The van der Waals surface area contributed by atoms with E-state index < -0.39 is 0 Å². The zero-order valence-corrected chi connectivity index (χ0v) is 19.1. The number of piperidine rings is 1. The zero-order valence-electron chi connectivity index (χ0n) is 17.4. The summed E-state index contributed by atoms with van der Waals surface area (Å²) < 4.78 is 7.59. The summed E-state index contributed by atoms with van der Waals surface area (Å²) in [5.41, 5.74) is 0.863. The first kappa shape index (κ1) is 20.9. The van der Waals surface area contributed by atoms with Gasteiger partial charge in [-0.3, -0.25) is 9.36 Å². The van der Waals surface area contributed by atoms with Crippen LogP contribution in [0.15, 0.2) is 46.9 Å². The van der Waals surface area contributed by atoms with Crippen molar-refractivity contribution in [1.82, 2.24) is 19.7 Å². The zero-order chi connectivity index (χ0) is 21.1. The number of aromatic nitrogens is 3. The lowest BCUT2D eigenvalue weighted by Crippen LogP contribution is -2.41. The SMILES string of the molecule is COc1ccccc1-n1c(SC(C)C(=O)N2CCC(C)CC2)nnc1-c1cccs1. The van der Waals surface area contributed by atoms with Crippen molar-refractivity contribution in [2.45, 2.75) is 37.1 Å². The molecule has 6 nitrogen and oxygen atoms in total. The van der Waals surface area contributed by atoms with Gasteiger partial charge in [0.05, 0.1) is 22.9 Å². The highest BCUT2D eigenvalue weighted by atomic mass is 32.2. The average Bonchev–Trinajstić information content (AvgIpc) is 3.43. The van der Waals surface area contributed by atoms with Crippen molar-refractivity contribution in [1.29, 1.82) is 0 Å². The number of benzene rings is 1. The summed E-state index contributed by atoms with van der Waals surface area (Å²) in [5, 5.41) is 11.4. The van der Waals surface area contributed by atoms with Crippen molar-refractivity contribution in [3.63, 3.8) is 0 Å². The fraction of sp³-hybridized carbons (Fsp3) is 0.409. The van der Waals surface area contributed by atoms with Gasteiger partial charge < -0.3 is 9.64 Å². The summed E-state index contributed by atoms with van der Waals surface area (Å²) >= 11 is 3.06. The van der Waals surface area contributed by atoms with E-state index in [9.17, 15) is 4.79 Å². The summed E-state index contributed by atoms with van der Waals surface area (Å²) in [4.78, 5) is 16.0. The van der Waals surface area contributed by atoms with Gasteiger partial charge in [0.1, 0.15) is 5.75 Å². The molecule has 0 bridgehead atoms. The highest BCUT2D eigenvalue weighted by Crippen LogP contribution is 2.35. The predicted molar refractivity (Wildman–Crippen MR) is 122 cm³/mol. The van der Waals surface area contributed by atoms with E-state index >= 15 is 0 Å². The van der Waals surface area contributed by atoms with Crippen LogP contribution in [0.25, 0.3) is 16.4 Å². The van der Waals surface area contributed by atoms with Crippen LogP contribution in [0.2, 0.25) is 0 Å². The van der Waals surface area contributed by atoms with Gasteiger partial charge in [-0.2, -0.15) is 0 Å². The van der Waals surface area contributed by atoms with E-state index in [1.165, 1.54) is 11.8 Å². The summed E-state index contributed by atoms with van der Waals surface area (Å²) in [5.74, 6) is 2.35. The Morgan fingerprint density at radius 1 is 1.20 bits per heavy atom. The summed E-state index contributed by atoms with van der Waals surface area (Å²) in [6.45, 7) is 5.88. The molecule has 1 saturated heterocycles. The molecular weight excluding hydrogens is 416 g/mol. The standard InChI is InChI=1S/C22H26N4O2S2/c1-15-10-12-25(13-11-15)21(27)16(2)30-22-24-23-20(19-9-6-14-29-19)26(22)17-7-4-5-8-18(17)28-3/h4-9,14-16H,10-13H2,1-3H3. The Kier molecular flexibility index (Phi) is 6.43. The van der Waals surface area contributed by atoms with E-state index in [0.29, 0.717) is 11.1 Å². The van der Waals surface area contributed by atoms with Crippen LogP contribution in [0.4, 0.5) is 0 Å². The van der Waals surface area contributed by atoms with E-state index in [1.807, 2.05) is 58.2 Å². The number of thiophene rings is 1. The molecule has 1 aromatic carbocycles. The molecule has 30 heavy (non-hydrogen) atoms. The number of carbonyl (C=O) groups is 1. The maximum absolute atomic E-state index is 13.0. The minimum atomic E-state index is -0.243. The van der Waals surface area contributed by atoms with Gasteiger partial charge in [0.2, 0.25) is 5.91 Å². The highest BCUT2D eigenvalue weighted by molar-refractivity contribution is 8.00. The molecule has 1 unspecified atom stereocenters. The monoisotopic (exact) mass is 442 g/mol. The lowest BCUT2D eigenvalue weighted by molar-refractivity contribution is -0.131. The topological polar surface area (TPSA) is 60.2 Å². The molecule has 3 heterocycles. The van der Waals surface area contributed by atoms with Gasteiger partial charge in [0.25, 0.3) is 0 Å². The molecule has 0 saturated carbocycles. The van der Waals surface area contributed by atoms with Crippen LogP contribution < -0.4 is 4.74 Å². The number of methoxy groups -OCH3 is 1. The number of ether oxygens (including phenoxy) is 1. The first-order chi connectivity index (χ1) is 14.6. The van der Waals surface area contributed by atoms with Crippen molar-refractivity contribution < 1.29 is 9.53 Å². The second kappa shape index (κ2) is 9.22. The van der Waals surface area contributed by atoms with Crippen LogP contribution >= 0.6 is 23.1 Å². The Morgan fingerprint density at radius 3 is 2.67 bits per heavy atom. The lowest BCUT2D eigenvalue weighted by Gasteiger charge is -2.32. The number of likely N-dealkylation sites (tertiary alicyclic amines) is 1. The molecule has 1 aliphatic heterocycles. The smallest absolute Gasteiger partial charge is 0.235 e. The molecule has 0 N–H and O–H groups in total. The van der Waals surface area contributed by atoms with Crippen LogP contribution in [-0.4, -0.2) is 51.0 Å². The molecule has 1 atom stereocenters. The Labute approximate surface area is 185 Å². The van der Waals surface area contributed by atoms with Gasteiger partial charge in [0.15, 0.2) is 11.0 Å². The van der Waals surface area contributed by atoms with Crippen LogP contribution in [0.5, 0.6) is 5.75 Å². The van der Waals surface area contributed by atoms with Gasteiger partial charge in [-0.1, -0.05) is 36.9 Å². The molecule has 2 aromatic heterocycles. The Balaban J connectivity index is 1.66. The van der Waals surface area contributed by atoms with Gasteiger partial charge in [-0.05, 0) is 49.3 Å². The third-order valence-corrected chi connectivity index (χ3v) is 7.32. The van der Waals surface area contributed by atoms with Gasteiger partial charge in [0, 0.05) is 13.1 Å². The van der Waals surface area contributed by atoms with Gasteiger partial charge >= 0.3 is 0 Å². The third kappa shape index (κ3) is 4.25. The minimum absolute atomic E-state index is 0.166. The maximum atomic E-state index is 13.0. The summed E-state index contributed by atoms with van der Waals surface area (Å²) in [7, 11) is 1.66. The molecule has 158 valence electrons. The quantitative estimate of drug-likeness (QED) is 0.516. The Bertz CT molecular complexity index is 994. The van der Waals surface area contributed by atoms with Gasteiger partial charge in [-0.15, -0.1) is 21.5 Å². The van der Waals surface area contributed by atoms with Gasteiger partial charge in [-0.25, -0.2) is 0 Å². The summed E-state index contributed by atoms with van der Waals surface area (Å²) in [6.07, 6.45) is 2.14. The second-order valence-electron chi connectivity index (χ2n) is 7.56. The fourth-order valence-corrected chi connectivity index (χ4v) is 5.28. The molecule has 1 amide bonds. The second-order valence-corrected chi connectivity index (χ2v) is 9.81. The first-order valence-corrected chi connectivity index (χ1v) is 11.9. The highest BCUT2D eigenvalue weighted by Gasteiger charge is 2.28. The molecule has 4 rings (SSSR count). The van der Waals surface area contributed by atoms with Crippen molar-refractivity contribution in [3.05, 3.63) is 41.8 Å². The van der Waals surface area contributed by atoms with Crippen LogP contribution in [0.3, 0.4) is 0 Å². The molecule has 8 heteroatoms. The number of amides is 1. The third-order valence-electron chi connectivity index (χ3n) is 5.43. The number of hydrogen-bond acceptors (Lipinski definition) is 6. The lowest BCUT2D eigenvalue weighted by atomic mass is 9.99. The van der Waals surface area contributed by atoms with Crippen molar-refractivity contribution in [2.75, 3.05) is 20.2 Å². The molecule has 1 fully saturated rings. The molecule has 1 aliphatic rings. The van der Waals surface area contributed by atoms with Crippen molar-refractivity contribution in [3.8, 4) is 22.1 Å². The average molecular weight is 443 g/mol. The van der Waals surface area contributed by atoms with Crippen molar-refractivity contribution >= 4 is 29.0 Å². The minimum Gasteiger partial charge on any atom is -0.495 e.